The number of hydrogen-bond acceptors (Lipinski definition) is 1. The van der Waals surface area contributed by atoms with E-state index < -0.39 is 5.95 Å². The van der Waals surface area contributed by atoms with E-state index in [0.29, 0.717) is 3.57 Å². The van der Waals surface area contributed by atoms with Gasteiger partial charge in [0.05, 0.1) is 3.57 Å². The van der Waals surface area contributed by atoms with Gasteiger partial charge in [0.15, 0.2) is 0 Å². The van der Waals surface area contributed by atoms with Crippen molar-refractivity contribution in [2.24, 2.45) is 0 Å². The Bertz CT molecular complexity index is 228. The van der Waals surface area contributed by atoms with Crippen molar-refractivity contribution in [3.8, 4) is 0 Å². The molecule has 0 N–H and O–H groups in total. The quantitative estimate of drug-likeness (QED) is 0.530. The molecule has 0 bridgehead atoms. The predicted octanol–water partition coefficient (Wildman–Crippen LogP) is 2.59. The smallest absolute Gasteiger partial charge is 0.226 e. The van der Waals surface area contributed by atoms with Gasteiger partial charge >= 0.3 is 0 Å². The molecule has 0 fully saturated rings. The maximum Gasteiger partial charge on any atom is 0.226 e. The minimum absolute atomic E-state index is 0.418. The molecule has 1 aromatic rings. The van der Waals surface area contributed by atoms with Crippen LogP contribution in [0.1, 0.15) is 0 Å². The number of pyridine rings is 1. The van der Waals surface area contributed by atoms with Gasteiger partial charge in [-0.15, -0.1) is 0 Å². The van der Waals surface area contributed by atoms with Crippen LogP contribution in [-0.4, -0.2) is 4.98 Å². The lowest BCUT2D eigenvalue weighted by Crippen LogP contribution is -1.85. The molecule has 0 aromatic carbocycles. The normalized spacial score (nSPS) is 9.67. The van der Waals surface area contributed by atoms with Crippen LogP contribution >= 0.6 is 38.5 Å². The van der Waals surface area contributed by atoms with Crippen molar-refractivity contribution in [1.82, 2.24) is 4.98 Å². The van der Waals surface area contributed by atoms with E-state index in [2.05, 4.69) is 20.9 Å². The van der Waals surface area contributed by atoms with Crippen molar-refractivity contribution in [3.05, 3.63) is 26.3 Å². The Hall–Kier alpha value is 0.290. The van der Waals surface area contributed by atoms with Crippen molar-refractivity contribution in [2.45, 2.75) is 0 Å². The molecule has 0 spiro atoms. The van der Waals surface area contributed by atoms with E-state index in [9.17, 15) is 4.39 Å². The van der Waals surface area contributed by atoms with Crippen LogP contribution in [0.4, 0.5) is 4.39 Å². The first-order chi connectivity index (χ1) is 4.20. The summed E-state index contributed by atoms with van der Waals surface area (Å²) in [5, 5.41) is 0. The average molecular weight is 302 g/mol. The molecule has 0 aliphatic rings. The zero-order valence-electron chi connectivity index (χ0n) is 4.24. The van der Waals surface area contributed by atoms with Crippen LogP contribution in [0.25, 0.3) is 0 Å². The van der Waals surface area contributed by atoms with Crippen LogP contribution in [0.15, 0.2) is 16.7 Å². The summed E-state index contributed by atoms with van der Waals surface area (Å²) in [5.41, 5.74) is 0. The second-order valence-corrected chi connectivity index (χ2v) is 3.50. The summed E-state index contributed by atoms with van der Waals surface area (Å²) >= 11 is 5.04. The first-order valence-electron chi connectivity index (χ1n) is 2.16. The molecule has 1 heterocycles. The van der Waals surface area contributed by atoms with E-state index in [1.54, 1.807) is 6.07 Å². The first-order valence-corrected chi connectivity index (χ1v) is 4.04. The van der Waals surface area contributed by atoms with E-state index in [-0.39, 0.29) is 0 Å². The summed E-state index contributed by atoms with van der Waals surface area (Å²) in [6, 6.07) is 1.67. The number of halogens is 3. The topological polar surface area (TPSA) is 12.9 Å². The van der Waals surface area contributed by atoms with Crippen LogP contribution in [0, 0.1) is 9.52 Å². The molecule has 48 valence electrons. The minimum atomic E-state index is -0.418. The number of hydrogen-bond donors (Lipinski definition) is 0. The maximum atomic E-state index is 12.4. The van der Waals surface area contributed by atoms with Crippen molar-refractivity contribution >= 4 is 38.5 Å². The van der Waals surface area contributed by atoms with Crippen molar-refractivity contribution in [3.63, 3.8) is 0 Å². The first kappa shape index (κ1) is 7.40. The van der Waals surface area contributed by atoms with Gasteiger partial charge in [0.2, 0.25) is 5.95 Å². The second-order valence-electron chi connectivity index (χ2n) is 1.43. The van der Waals surface area contributed by atoms with E-state index in [4.69, 9.17) is 0 Å². The lowest BCUT2D eigenvalue weighted by atomic mass is 10.5. The molecule has 0 saturated heterocycles. The van der Waals surface area contributed by atoms with E-state index in [0.717, 1.165) is 4.47 Å². The van der Waals surface area contributed by atoms with Crippen molar-refractivity contribution in [2.75, 3.05) is 0 Å². The molecule has 0 aliphatic heterocycles. The molecule has 0 amide bonds. The molecule has 1 rings (SSSR count). The van der Waals surface area contributed by atoms with Crippen molar-refractivity contribution < 1.29 is 4.39 Å². The summed E-state index contributed by atoms with van der Waals surface area (Å²) in [7, 11) is 0. The molecule has 0 atom stereocenters. The molecule has 4 heteroatoms. The average Bonchev–Trinajstić information content (AvgIpc) is 1.80. The highest BCUT2D eigenvalue weighted by atomic mass is 127. The third-order valence-electron chi connectivity index (χ3n) is 0.763. The van der Waals surface area contributed by atoms with Crippen LogP contribution < -0.4 is 0 Å². The Kier molecular flexibility index (Phi) is 2.40. The molecule has 0 radical (unpaired) electrons. The molecule has 1 aromatic heterocycles. The lowest BCUT2D eigenvalue weighted by molar-refractivity contribution is 0.575. The lowest BCUT2D eigenvalue weighted by Gasteiger charge is -1.91. The Morgan fingerprint density at radius 1 is 1.67 bits per heavy atom. The molecule has 0 unspecified atom stereocenters. The van der Waals surface area contributed by atoms with Gasteiger partial charge in [0, 0.05) is 10.7 Å². The second kappa shape index (κ2) is 2.92. The predicted molar refractivity (Wildman–Crippen MR) is 44.6 cm³/mol. The van der Waals surface area contributed by atoms with Gasteiger partial charge in [0.25, 0.3) is 0 Å². The molecular weight excluding hydrogens is 300 g/mol. The summed E-state index contributed by atoms with van der Waals surface area (Å²) in [4.78, 5) is 3.46. The zero-order valence-corrected chi connectivity index (χ0v) is 7.98. The molecular formula is C5H2BrFIN. The maximum absolute atomic E-state index is 12.4. The van der Waals surface area contributed by atoms with Gasteiger partial charge in [-0.25, -0.2) is 4.98 Å². The van der Waals surface area contributed by atoms with E-state index in [1.807, 2.05) is 22.6 Å². The SMILES string of the molecule is Fc1ncc(Br)cc1I. The van der Waals surface area contributed by atoms with Crippen LogP contribution in [-0.2, 0) is 0 Å². The molecule has 0 aliphatic carbocycles. The highest BCUT2D eigenvalue weighted by molar-refractivity contribution is 14.1. The fraction of sp³-hybridized carbons (Fsp3) is 0. The summed E-state index contributed by atoms with van der Waals surface area (Å²) in [6.07, 6.45) is 1.43. The Morgan fingerprint density at radius 3 is 2.78 bits per heavy atom. The van der Waals surface area contributed by atoms with Crippen LogP contribution in [0.3, 0.4) is 0 Å². The number of aromatic nitrogens is 1. The van der Waals surface area contributed by atoms with E-state index >= 15 is 0 Å². The van der Waals surface area contributed by atoms with Gasteiger partial charge in [-0.1, -0.05) is 0 Å². The fourth-order valence-corrected chi connectivity index (χ4v) is 1.63. The van der Waals surface area contributed by atoms with Crippen LogP contribution in [0.2, 0.25) is 0 Å². The van der Waals surface area contributed by atoms with E-state index in [1.165, 1.54) is 6.20 Å². The molecule has 1 nitrogen and oxygen atoms in total. The fourth-order valence-electron chi connectivity index (χ4n) is 0.398. The van der Waals surface area contributed by atoms with Crippen LogP contribution in [0.5, 0.6) is 0 Å². The largest absolute Gasteiger partial charge is 0.226 e. The zero-order chi connectivity index (χ0) is 6.85. The van der Waals surface area contributed by atoms with Gasteiger partial charge in [0.1, 0.15) is 0 Å². The minimum Gasteiger partial charge on any atom is -0.226 e. The Morgan fingerprint density at radius 2 is 2.33 bits per heavy atom. The third-order valence-corrected chi connectivity index (χ3v) is 1.95. The molecule has 9 heavy (non-hydrogen) atoms. The molecule has 0 saturated carbocycles. The highest BCUT2D eigenvalue weighted by Gasteiger charge is 1.97. The summed E-state index contributed by atoms with van der Waals surface area (Å²) < 4.78 is 13.7. The van der Waals surface area contributed by atoms with Gasteiger partial charge in [-0.3, -0.25) is 0 Å². The third kappa shape index (κ3) is 1.86. The highest BCUT2D eigenvalue weighted by Crippen LogP contribution is 2.13. The van der Waals surface area contributed by atoms with Gasteiger partial charge in [-0.2, -0.15) is 4.39 Å². The summed E-state index contributed by atoms with van der Waals surface area (Å²) in [5.74, 6) is -0.418. The number of nitrogens with zero attached hydrogens (tertiary/aromatic N) is 1. The van der Waals surface area contributed by atoms with Crippen molar-refractivity contribution in [1.29, 1.82) is 0 Å². The Balaban J connectivity index is 3.17. The standard InChI is InChI=1S/C5H2BrFIN/c6-3-1-4(8)5(7)9-2-3/h1-2H. The van der Waals surface area contributed by atoms with Gasteiger partial charge in [-0.05, 0) is 44.6 Å². The number of rotatable bonds is 0. The monoisotopic (exact) mass is 301 g/mol. The Labute approximate surface area is 73.9 Å². The summed E-state index contributed by atoms with van der Waals surface area (Å²) in [6.45, 7) is 0. The van der Waals surface area contributed by atoms with Gasteiger partial charge < -0.3 is 0 Å².